The molecule has 1 heterocycles. The molecule has 11 nitrogen and oxygen atoms in total. The third kappa shape index (κ3) is 12.5. The zero-order chi connectivity index (χ0) is 39.2. The van der Waals surface area contributed by atoms with Gasteiger partial charge in [-0.05, 0) is 48.9 Å². The molecule has 1 fully saturated rings. The Morgan fingerprint density at radius 3 is 1.80 bits per heavy atom. The van der Waals surface area contributed by atoms with Crippen LogP contribution in [0.1, 0.15) is 42.5 Å². The molecule has 12 heteroatoms. The van der Waals surface area contributed by atoms with Gasteiger partial charge in [-0.3, -0.25) is 24.5 Å². The standard InChI is InChI=1S/C43H51N5O6S/c1-43(2)39(48-42(55-43)38(40(53)44-27-32-21-13-6-14-22-32)47-36(51)25-31-19-11-5-12-20-31)41(54)46-34(24-30-17-9-4-10-18-30)35(50)26-37(52)45-33(28-49)23-29-15-7-3-8-16-29/h3-22,33-35,38-39,42,48-50H,23-28H2,1-2H3,(H,44,53)(H,45,52)(H,46,54)(H,47,51)/t33-,34-,35-,38-,39+,42-/m1/s1. The van der Waals surface area contributed by atoms with E-state index in [1.54, 1.807) is 0 Å². The van der Waals surface area contributed by atoms with Gasteiger partial charge in [0.25, 0.3) is 0 Å². The fourth-order valence-electron chi connectivity index (χ4n) is 6.63. The lowest BCUT2D eigenvalue weighted by Gasteiger charge is -2.29. The summed E-state index contributed by atoms with van der Waals surface area (Å²) in [6.07, 6.45) is -0.826. The monoisotopic (exact) mass is 765 g/mol. The van der Waals surface area contributed by atoms with Crippen molar-refractivity contribution in [2.75, 3.05) is 6.61 Å². The smallest absolute Gasteiger partial charge is 0.245 e. The van der Waals surface area contributed by atoms with Crippen molar-refractivity contribution in [3.63, 3.8) is 0 Å². The van der Waals surface area contributed by atoms with Crippen LogP contribution in [-0.2, 0) is 45.0 Å². The Morgan fingerprint density at radius 2 is 1.24 bits per heavy atom. The van der Waals surface area contributed by atoms with Crippen LogP contribution in [0.25, 0.3) is 0 Å². The summed E-state index contributed by atoms with van der Waals surface area (Å²) in [5, 5.41) is 35.8. The van der Waals surface area contributed by atoms with Crippen molar-refractivity contribution in [1.29, 1.82) is 0 Å². The Balaban J connectivity index is 1.29. The summed E-state index contributed by atoms with van der Waals surface area (Å²) < 4.78 is -0.748. The fourth-order valence-corrected chi connectivity index (χ4v) is 8.12. The second kappa shape index (κ2) is 20.1. The van der Waals surface area contributed by atoms with Gasteiger partial charge in [0.15, 0.2) is 0 Å². The zero-order valence-corrected chi connectivity index (χ0v) is 32.0. The highest BCUT2D eigenvalue weighted by atomic mass is 32.2. The Bertz CT molecular complexity index is 1830. The van der Waals surface area contributed by atoms with Crippen molar-refractivity contribution in [2.24, 2.45) is 0 Å². The van der Waals surface area contributed by atoms with Gasteiger partial charge < -0.3 is 31.5 Å². The molecule has 6 atom stereocenters. The number of benzene rings is 4. The zero-order valence-electron chi connectivity index (χ0n) is 31.2. The second-order valence-corrected chi connectivity index (χ2v) is 16.2. The maximum absolute atomic E-state index is 14.2. The first-order valence-electron chi connectivity index (χ1n) is 18.6. The highest BCUT2D eigenvalue weighted by Crippen LogP contribution is 2.39. The number of nitrogens with one attached hydrogen (secondary N) is 5. The van der Waals surface area contributed by atoms with Crippen molar-refractivity contribution >= 4 is 35.4 Å². The van der Waals surface area contributed by atoms with E-state index in [0.29, 0.717) is 6.42 Å². The first-order chi connectivity index (χ1) is 26.5. The lowest BCUT2D eigenvalue weighted by Crippen LogP contribution is -2.59. The van der Waals surface area contributed by atoms with Gasteiger partial charge in [0.1, 0.15) is 12.1 Å². The topological polar surface area (TPSA) is 169 Å². The number of carbonyl (C=O) groups excluding carboxylic acids is 4. The van der Waals surface area contributed by atoms with Crippen molar-refractivity contribution in [3.05, 3.63) is 144 Å². The third-order valence-electron chi connectivity index (χ3n) is 9.53. The van der Waals surface area contributed by atoms with E-state index in [0.717, 1.165) is 22.3 Å². The normalized spacial score (nSPS) is 18.3. The average Bonchev–Trinajstić information content (AvgIpc) is 3.51. The molecular formula is C43H51N5O6S. The minimum Gasteiger partial charge on any atom is -0.394 e. The minimum absolute atomic E-state index is 0.0753. The molecule has 4 amide bonds. The van der Waals surface area contributed by atoms with Crippen LogP contribution in [0.3, 0.4) is 0 Å². The third-order valence-corrected chi connectivity index (χ3v) is 11.0. The van der Waals surface area contributed by atoms with Crippen LogP contribution in [0.4, 0.5) is 0 Å². The highest BCUT2D eigenvalue weighted by Gasteiger charge is 2.49. The molecule has 0 aliphatic carbocycles. The van der Waals surface area contributed by atoms with Crippen LogP contribution in [0.5, 0.6) is 0 Å². The first kappa shape index (κ1) is 41.2. The summed E-state index contributed by atoms with van der Waals surface area (Å²) in [5.74, 6) is -1.61. The van der Waals surface area contributed by atoms with Crippen molar-refractivity contribution in [3.8, 4) is 0 Å². The van der Waals surface area contributed by atoms with Gasteiger partial charge in [-0.1, -0.05) is 121 Å². The molecular weight excluding hydrogens is 715 g/mol. The number of carbonyl (C=O) groups is 4. The van der Waals surface area contributed by atoms with E-state index >= 15 is 0 Å². The van der Waals surface area contributed by atoms with E-state index in [1.807, 2.05) is 135 Å². The number of hydrogen-bond donors (Lipinski definition) is 7. The van der Waals surface area contributed by atoms with Gasteiger partial charge in [0, 0.05) is 11.3 Å². The summed E-state index contributed by atoms with van der Waals surface area (Å²) >= 11 is 1.37. The molecule has 0 spiro atoms. The van der Waals surface area contributed by atoms with Gasteiger partial charge >= 0.3 is 0 Å². The Labute approximate surface area is 327 Å². The van der Waals surface area contributed by atoms with Crippen LogP contribution < -0.4 is 26.6 Å². The number of aliphatic hydroxyl groups is 2. The molecule has 4 aromatic rings. The lowest BCUT2D eigenvalue weighted by molar-refractivity contribution is -0.129. The van der Waals surface area contributed by atoms with Gasteiger partial charge in [-0.25, -0.2) is 0 Å². The molecule has 1 aliphatic rings. The number of rotatable bonds is 18. The average molecular weight is 766 g/mol. The summed E-state index contributed by atoms with van der Waals surface area (Å²) in [7, 11) is 0. The molecule has 1 aliphatic heterocycles. The quantitative estimate of drug-likeness (QED) is 0.0812. The molecule has 290 valence electrons. The minimum atomic E-state index is -1.26. The van der Waals surface area contributed by atoms with E-state index in [4.69, 9.17) is 0 Å². The van der Waals surface area contributed by atoms with E-state index in [9.17, 15) is 29.4 Å². The molecule has 4 aromatic carbocycles. The van der Waals surface area contributed by atoms with Crippen LogP contribution in [-0.4, -0.2) is 80.8 Å². The number of thioether (sulfide) groups is 1. The largest absolute Gasteiger partial charge is 0.394 e. The maximum Gasteiger partial charge on any atom is 0.245 e. The fraction of sp³-hybridized carbons (Fsp3) is 0.349. The molecule has 0 bridgehead atoms. The number of hydrogen-bond acceptors (Lipinski definition) is 8. The van der Waals surface area contributed by atoms with Crippen molar-refractivity contribution < 1.29 is 29.4 Å². The summed E-state index contributed by atoms with van der Waals surface area (Å²) in [6, 6.07) is 34.3. The lowest BCUT2D eigenvalue weighted by atomic mass is 9.96. The van der Waals surface area contributed by atoms with Crippen LogP contribution >= 0.6 is 11.8 Å². The Hall–Kier alpha value is -5.01. The molecule has 0 aromatic heterocycles. The van der Waals surface area contributed by atoms with E-state index in [2.05, 4.69) is 26.6 Å². The second-order valence-electron chi connectivity index (χ2n) is 14.4. The predicted molar refractivity (Wildman–Crippen MR) is 215 cm³/mol. The Kier molecular flexibility index (Phi) is 15.0. The molecule has 5 rings (SSSR count). The molecule has 7 N–H and O–H groups in total. The molecule has 55 heavy (non-hydrogen) atoms. The summed E-state index contributed by atoms with van der Waals surface area (Å²) in [6.45, 7) is 3.75. The van der Waals surface area contributed by atoms with Gasteiger partial charge in [0.2, 0.25) is 23.6 Å². The van der Waals surface area contributed by atoms with Crippen LogP contribution in [0, 0.1) is 0 Å². The van der Waals surface area contributed by atoms with E-state index in [-0.39, 0.29) is 38.3 Å². The Morgan fingerprint density at radius 1 is 0.709 bits per heavy atom. The van der Waals surface area contributed by atoms with Crippen molar-refractivity contribution in [2.45, 2.75) is 86.5 Å². The van der Waals surface area contributed by atoms with Crippen molar-refractivity contribution in [1.82, 2.24) is 26.6 Å². The summed E-state index contributed by atoms with van der Waals surface area (Å²) in [5.41, 5.74) is 3.50. The van der Waals surface area contributed by atoms with E-state index < -0.39 is 58.1 Å². The predicted octanol–water partition coefficient (Wildman–Crippen LogP) is 3.04. The summed E-state index contributed by atoms with van der Waals surface area (Å²) in [4.78, 5) is 54.4. The van der Waals surface area contributed by atoms with Crippen LogP contribution in [0.2, 0.25) is 0 Å². The van der Waals surface area contributed by atoms with Gasteiger partial charge in [-0.15, -0.1) is 11.8 Å². The molecule has 0 unspecified atom stereocenters. The van der Waals surface area contributed by atoms with Crippen LogP contribution in [0.15, 0.2) is 121 Å². The SMILES string of the molecule is CC1(C)S[C@H]([C@H](NC(=O)Cc2ccccc2)C(=O)NCc2ccccc2)N[C@H]1C(=O)N[C@H](Cc1ccccc1)[C@H](O)CC(=O)N[C@@H](CO)Cc1ccccc1. The molecule has 0 saturated carbocycles. The number of amides is 4. The van der Waals surface area contributed by atoms with E-state index in [1.165, 1.54) is 11.8 Å². The van der Waals surface area contributed by atoms with Gasteiger partial charge in [-0.2, -0.15) is 0 Å². The highest BCUT2D eigenvalue weighted by molar-refractivity contribution is 8.01. The molecule has 1 saturated heterocycles. The molecule has 0 radical (unpaired) electrons. The van der Waals surface area contributed by atoms with Gasteiger partial charge in [0.05, 0.1) is 43.0 Å². The first-order valence-corrected chi connectivity index (χ1v) is 19.4. The maximum atomic E-state index is 14.2. The number of aliphatic hydroxyl groups excluding tert-OH is 2.